The molecule has 0 radical (unpaired) electrons. The second-order valence-electron chi connectivity index (χ2n) is 6.58. The third-order valence-electron chi connectivity index (χ3n) is 4.75. The minimum absolute atomic E-state index is 0.486. The van der Waals surface area contributed by atoms with E-state index in [4.69, 9.17) is 0 Å². The number of amides is 2. The third-order valence-corrected chi connectivity index (χ3v) is 5.75. The quantitative estimate of drug-likeness (QED) is 0.789. The topological polar surface area (TPSA) is 65.5 Å². The first-order chi connectivity index (χ1) is 12.1. The van der Waals surface area contributed by atoms with Gasteiger partial charge in [-0.25, -0.2) is 4.98 Å². The van der Waals surface area contributed by atoms with Gasteiger partial charge in [0.2, 0.25) is 0 Å². The molecular formula is C18H20N4O2S. The van der Waals surface area contributed by atoms with E-state index in [1.54, 1.807) is 4.90 Å². The van der Waals surface area contributed by atoms with E-state index in [9.17, 15) is 9.59 Å². The largest absolute Gasteiger partial charge is 0.330 e. The van der Waals surface area contributed by atoms with E-state index >= 15 is 0 Å². The van der Waals surface area contributed by atoms with Crippen molar-refractivity contribution in [2.24, 2.45) is 0 Å². The predicted octanol–water partition coefficient (Wildman–Crippen LogP) is 1.65. The molecule has 0 saturated carbocycles. The van der Waals surface area contributed by atoms with Gasteiger partial charge in [-0.15, -0.1) is 11.3 Å². The van der Waals surface area contributed by atoms with Crippen LogP contribution < -0.4 is 5.32 Å². The van der Waals surface area contributed by atoms with Crippen molar-refractivity contribution in [2.75, 3.05) is 25.5 Å². The van der Waals surface area contributed by atoms with Crippen LogP contribution in [0.15, 0.2) is 24.3 Å². The van der Waals surface area contributed by atoms with Gasteiger partial charge < -0.3 is 9.80 Å². The summed E-state index contributed by atoms with van der Waals surface area (Å²) in [6.45, 7) is 2.87. The molecule has 130 valence electrons. The lowest BCUT2D eigenvalue weighted by Crippen LogP contribution is -2.42. The minimum atomic E-state index is -0.598. The number of rotatable bonds is 1. The Kier molecular flexibility index (Phi) is 4.27. The van der Waals surface area contributed by atoms with Gasteiger partial charge in [0.05, 0.1) is 5.69 Å². The average molecular weight is 356 g/mol. The lowest BCUT2D eigenvalue weighted by atomic mass is 10.00. The van der Waals surface area contributed by atoms with Crippen molar-refractivity contribution in [3.05, 3.63) is 46.0 Å². The van der Waals surface area contributed by atoms with Crippen molar-refractivity contribution >= 4 is 28.3 Å². The molecular weight excluding hydrogens is 336 g/mol. The van der Waals surface area contributed by atoms with Gasteiger partial charge in [0.25, 0.3) is 0 Å². The molecule has 6 nitrogen and oxygen atoms in total. The Morgan fingerprint density at radius 2 is 1.92 bits per heavy atom. The normalized spacial score (nSPS) is 16.9. The fourth-order valence-corrected chi connectivity index (χ4v) is 4.42. The summed E-state index contributed by atoms with van der Waals surface area (Å²) in [6.07, 6.45) is 1.67. The van der Waals surface area contributed by atoms with Crippen molar-refractivity contribution in [1.29, 1.82) is 0 Å². The molecule has 0 unspecified atom stereocenters. The number of hydrogen-bond acceptors (Lipinski definition) is 5. The number of aromatic nitrogens is 1. The molecule has 0 bridgehead atoms. The van der Waals surface area contributed by atoms with Crippen molar-refractivity contribution < 1.29 is 9.59 Å². The molecule has 0 spiro atoms. The summed E-state index contributed by atoms with van der Waals surface area (Å²) in [6, 6.07) is 8.06. The van der Waals surface area contributed by atoms with Crippen LogP contribution in [-0.2, 0) is 35.5 Å². The van der Waals surface area contributed by atoms with Crippen molar-refractivity contribution in [3.8, 4) is 0 Å². The van der Waals surface area contributed by atoms with E-state index in [0.717, 1.165) is 37.2 Å². The molecule has 0 saturated heterocycles. The first-order valence-electron chi connectivity index (χ1n) is 8.44. The number of hydrogen-bond donors (Lipinski definition) is 1. The summed E-state index contributed by atoms with van der Waals surface area (Å²) in [5.74, 6) is -1.08. The van der Waals surface area contributed by atoms with Crippen LogP contribution in [0.5, 0.6) is 0 Å². The number of thiazole rings is 1. The minimum Gasteiger partial charge on any atom is -0.330 e. The summed E-state index contributed by atoms with van der Waals surface area (Å²) in [4.78, 5) is 34.3. The Bertz CT molecular complexity index is 832. The molecule has 7 heteroatoms. The van der Waals surface area contributed by atoms with Crippen molar-refractivity contribution in [2.45, 2.75) is 25.9 Å². The zero-order chi connectivity index (χ0) is 17.4. The van der Waals surface area contributed by atoms with Crippen LogP contribution in [0.25, 0.3) is 0 Å². The van der Waals surface area contributed by atoms with E-state index in [1.165, 1.54) is 21.8 Å². The smallest absolute Gasteiger partial charge is 0.315 e. The van der Waals surface area contributed by atoms with Gasteiger partial charge in [0, 0.05) is 37.5 Å². The Hall–Kier alpha value is -2.25. The Balaban J connectivity index is 1.42. The number of benzene rings is 1. The maximum absolute atomic E-state index is 12.5. The maximum atomic E-state index is 12.5. The van der Waals surface area contributed by atoms with Gasteiger partial charge in [0.15, 0.2) is 5.13 Å². The highest BCUT2D eigenvalue weighted by Crippen LogP contribution is 2.28. The molecule has 2 aliphatic heterocycles. The zero-order valence-corrected chi connectivity index (χ0v) is 14.9. The summed E-state index contributed by atoms with van der Waals surface area (Å²) in [7, 11) is 2.07. The van der Waals surface area contributed by atoms with Gasteiger partial charge in [-0.1, -0.05) is 24.3 Å². The number of fused-ring (bicyclic) bond motifs is 2. The average Bonchev–Trinajstić information content (AvgIpc) is 3.01. The second kappa shape index (κ2) is 6.57. The Labute approximate surface area is 150 Å². The van der Waals surface area contributed by atoms with E-state index < -0.39 is 11.8 Å². The van der Waals surface area contributed by atoms with Crippen LogP contribution in [0.2, 0.25) is 0 Å². The van der Waals surface area contributed by atoms with Crippen LogP contribution in [-0.4, -0.2) is 46.7 Å². The molecule has 0 fully saturated rings. The van der Waals surface area contributed by atoms with Gasteiger partial charge in [-0.2, -0.15) is 0 Å². The third kappa shape index (κ3) is 3.29. The highest BCUT2D eigenvalue weighted by atomic mass is 32.1. The monoisotopic (exact) mass is 356 g/mol. The first kappa shape index (κ1) is 16.2. The number of nitrogens with zero attached hydrogens (tertiary/aromatic N) is 3. The number of carbonyl (C=O) groups is 2. The zero-order valence-electron chi connectivity index (χ0n) is 14.1. The molecule has 2 amide bonds. The molecule has 2 aliphatic rings. The summed E-state index contributed by atoms with van der Waals surface area (Å²) >= 11 is 1.46. The molecule has 1 aromatic carbocycles. The maximum Gasteiger partial charge on any atom is 0.315 e. The fourth-order valence-electron chi connectivity index (χ4n) is 3.34. The molecule has 0 atom stereocenters. The summed E-state index contributed by atoms with van der Waals surface area (Å²) in [5, 5.41) is 3.22. The van der Waals surface area contributed by atoms with E-state index in [2.05, 4.69) is 28.3 Å². The van der Waals surface area contributed by atoms with Crippen LogP contribution >= 0.6 is 11.3 Å². The number of likely N-dealkylation sites (N-methyl/N-ethyl adjacent to an activating group) is 1. The molecule has 2 aromatic rings. The lowest BCUT2D eigenvalue weighted by Gasteiger charge is -2.28. The van der Waals surface area contributed by atoms with Crippen molar-refractivity contribution in [3.63, 3.8) is 0 Å². The number of nitrogens with one attached hydrogen (secondary N) is 1. The van der Waals surface area contributed by atoms with Gasteiger partial charge >= 0.3 is 11.8 Å². The van der Waals surface area contributed by atoms with Crippen LogP contribution in [0, 0.1) is 0 Å². The standard InChI is InChI=1S/C18H20N4O2S/c1-21-8-7-14-15(11-21)25-18(19-14)20-16(23)17(24)22-9-6-12-4-2-3-5-13(12)10-22/h2-5H,6-11H2,1H3,(H,19,20,23). The van der Waals surface area contributed by atoms with Gasteiger partial charge in [0.1, 0.15) is 0 Å². The molecule has 1 N–H and O–H groups in total. The van der Waals surface area contributed by atoms with E-state index in [-0.39, 0.29) is 0 Å². The first-order valence-corrected chi connectivity index (χ1v) is 9.26. The molecule has 0 aliphatic carbocycles. The highest BCUT2D eigenvalue weighted by molar-refractivity contribution is 7.16. The van der Waals surface area contributed by atoms with Crippen LogP contribution in [0.3, 0.4) is 0 Å². The second-order valence-corrected chi connectivity index (χ2v) is 7.66. The van der Waals surface area contributed by atoms with E-state index in [0.29, 0.717) is 18.2 Å². The Morgan fingerprint density at radius 1 is 1.12 bits per heavy atom. The molecule has 3 heterocycles. The summed E-state index contributed by atoms with van der Waals surface area (Å²) in [5.41, 5.74) is 3.41. The molecule has 1 aromatic heterocycles. The highest BCUT2D eigenvalue weighted by Gasteiger charge is 2.27. The fraction of sp³-hybridized carbons (Fsp3) is 0.389. The lowest BCUT2D eigenvalue weighted by molar-refractivity contribution is -0.143. The Morgan fingerprint density at radius 3 is 2.76 bits per heavy atom. The molecule has 4 rings (SSSR count). The molecule has 25 heavy (non-hydrogen) atoms. The van der Waals surface area contributed by atoms with E-state index in [1.807, 2.05) is 18.2 Å². The van der Waals surface area contributed by atoms with Crippen molar-refractivity contribution in [1.82, 2.24) is 14.8 Å². The predicted molar refractivity (Wildman–Crippen MR) is 96.3 cm³/mol. The van der Waals surface area contributed by atoms with Gasteiger partial charge in [-0.3, -0.25) is 14.9 Å². The van der Waals surface area contributed by atoms with Crippen LogP contribution in [0.1, 0.15) is 21.7 Å². The van der Waals surface area contributed by atoms with Crippen LogP contribution in [0.4, 0.5) is 5.13 Å². The summed E-state index contributed by atoms with van der Waals surface area (Å²) < 4.78 is 0. The van der Waals surface area contributed by atoms with Gasteiger partial charge in [-0.05, 0) is 24.6 Å². The number of carbonyl (C=O) groups excluding carboxylic acids is 2. The SMILES string of the molecule is CN1CCc2nc(NC(=O)C(=O)N3CCc4ccccc4C3)sc2C1. The number of anilines is 1.